The van der Waals surface area contributed by atoms with Crippen molar-refractivity contribution in [2.45, 2.75) is 45.1 Å². The van der Waals surface area contributed by atoms with Crippen molar-refractivity contribution < 1.29 is 13.2 Å². The molecular formula is C26H30N6O3S. The van der Waals surface area contributed by atoms with Crippen molar-refractivity contribution >= 4 is 27.1 Å². The van der Waals surface area contributed by atoms with E-state index < -0.39 is 16.1 Å². The highest BCUT2D eigenvalue weighted by Gasteiger charge is 2.17. The number of nitrogens with one attached hydrogen (secondary N) is 2. The van der Waals surface area contributed by atoms with Crippen molar-refractivity contribution in [1.82, 2.24) is 24.6 Å². The van der Waals surface area contributed by atoms with Gasteiger partial charge in [-0.3, -0.25) is 9.55 Å². The van der Waals surface area contributed by atoms with Gasteiger partial charge in [0.05, 0.1) is 16.1 Å². The Labute approximate surface area is 210 Å². The Morgan fingerprint density at radius 2 is 1.67 bits per heavy atom. The molecule has 0 aliphatic carbocycles. The molecule has 2 aromatic heterocycles. The lowest BCUT2D eigenvalue weighted by Gasteiger charge is -2.11. The fourth-order valence-electron chi connectivity index (χ4n) is 4.11. The number of carbonyl (C=O) groups excluding carboxylic acids is 1. The number of benzene rings is 2. The molecule has 36 heavy (non-hydrogen) atoms. The normalized spacial score (nSPS) is 11.6. The van der Waals surface area contributed by atoms with Crippen LogP contribution in [0.3, 0.4) is 0 Å². The SMILES string of the molecule is CCc1nc2c(C)nc(C)cc2n1-c1ccc(CCNC(=O)NS(=O)(=O)c2ccc(CN)cc2)cc1. The van der Waals surface area contributed by atoms with Crippen LogP contribution >= 0.6 is 0 Å². The highest BCUT2D eigenvalue weighted by atomic mass is 32.2. The van der Waals surface area contributed by atoms with Gasteiger partial charge in [-0.2, -0.15) is 0 Å². The summed E-state index contributed by atoms with van der Waals surface area (Å²) in [6, 6.07) is 15.4. The summed E-state index contributed by atoms with van der Waals surface area (Å²) in [5.74, 6) is 0.963. The molecule has 9 nitrogen and oxygen atoms in total. The largest absolute Gasteiger partial charge is 0.337 e. The number of nitrogens with two attached hydrogens (primary N) is 1. The highest BCUT2D eigenvalue weighted by molar-refractivity contribution is 7.90. The second kappa shape index (κ2) is 10.5. The molecule has 4 rings (SSSR count). The van der Waals surface area contributed by atoms with Gasteiger partial charge in [0.2, 0.25) is 0 Å². The first kappa shape index (κ1) is 25.3. The summed E-state index contributed by atoms with van der Waals surface area (Å²) >= 11 is 0. The van der Waals surface area contributed by atoms with Crippen molar-refractivity contribution in [1.29, 1.82) is 0 Å². The zero-order valence-electron chi connectivity index (χ0n) is 20.6. The van der Waals surface area contributed by atoms with Crippen LogP contribution in [-0.2, 0) is 29.4 Å². The van der Waals surface area contributed by atoms with Gasteiger partial charge in [-0.05, 0) is 61.7 Å². The summed E-state index contributed by atoms with van der Waals surface area (Å²) in [7, 11) is -3.96. The standard InChI is InChI=1S/C26H30N6O3S/c1-4-24-30-25-18(3)29-17(2)15-23(25)32(24)21-9-5-19(6-10-21)13-14-28-26(33)31-36(34,35)22-11-7-20(16-27)8-12-22/h5-12,15H,4,13-14,16,27H2,1-3H3,(H2,28,31,33). The maximum atomic E-state index is 12.4. The number of hydrogen-bond acceptors (Lipinski definition) is 6. The molecule has 2 aromatic carbocycles. The van der Waals surface area contributed by atoms with Crippen LogP contribution in [0.4, 0.5) is 4.79 Å². The van der Waals surface area contributed by atoms with Gasteiger partial charge >= 0.3 is 6.03 Å². The number of carbonyl (C=O) groups is 1. The number of amides is 2. The van der Waals surface area contributed by atoms with Crippen LogP contribution < -0.4 is 15.8 Å². The van der Waals surface area contributed by atoms with Crippen LogP contribution in [0.5, 0.6) is 0 Å². The molecule has 0 spiro atoms. The number of aryl methyl sites for hydroxylation is 3. The predicted octanol–water partition coefficient (Wildman–Crippen LogP) is 3.29. The van der Waals surface area contributed by atoms with Gasteiger partial charge in [-0.25, -0.2) is 22.9 Å². The molecule has 0 unspecified atom stereocenters. The number of nitrogens with zero attached hydrogens (tertiary/aromatic N) is 3. The van der Waals surface area contributed by atoms with E-state index >= 15 is 0 Å². The molecule has 0 bridgehead atoms. The average Bonchev–Trinajstić information content (AvgIpc) is 3.23. The lowest BCUT2D eigenvalue weighted by Crippen LogP contribution is -2.40. The lowest BCUT2D eigenvalue weighted by molar-refractivity contribution is 0.246. The molecule has 4 aromatic rings. The van der Waals surface area contributed by atoms with E-state index in [1.54, 1.807) is 12.1 Å². The Balaban J connectivity index is 1.39. The first-order valence-electron chi connectivity index (χ1n) is 11.8. The smallest absolute Gasteiger partial charge is 0.328 e. The van der Waals surface area contributed by atoms with Crippen molar-refractivity contribution in [3.05, 3.63) is 82.9 Å². The second-order valence-corrected chi connectivity index (χ2v) is 10.2. The number of fused-ring (bicyclic) bond motifs is 1. The number of rotatable bonds is 8. The Bertz CT molecular complexity index is 1490. The molecule has 4 N–H and O–H groups in total. The third kappa shape index (κ3) is 5.39. The molecule has 0 radical (unpaired) electrons. The third-order valence-electron chi connectivity index (χ3n) is 5.92. The van der Waals surface area contributed by atoms with Crippen LogP contribution in [0, 0.1) is 13.8 Å². The van der Waals surface area contributed by atoms with Crippen molar-refractivity contribution in [2.24, 2.45) is 5.73 Å². The van der Waals surface area contributed by atoms with Crippen LogP contribution in [0.25, 0.3) is 16.7 Å². The van der Waals surface area contributed by atoms with Gasteiger partial charge in [-0.15, -0.1) is 0 Å². The van der Waals surface area contributed by atoms with Gasteiger partial charge in [0.1, 0.15) is 11.3 Å². The molecule has 0 fully saturated rings. The lowest BCUT2D eigenvalue weighted by atomic mass is 10.1. The maximum absolute atomic E-state index is 12.4. The summed E-state index contributed by atoms with van der Waals surface area (Å²) in [6.45, 7) is 6.62. The number of hydrogen-bond donors (Lipinski definition) is 3. The summed E-state index contributed by atoms with van der Waals surface area (Å²) in [5, 5.41) is 2.61. The molecule has 10 heteroatoms. The minimum atomic E-state index is -3.96. The van der Waals surface area contributed by atoms with E-state index in [1.807, 2.05) is 48.9 Å². The number of aromatic nitrogens is 3. The molecule has 2 heterocycles. The van der Waals surface area contributed by atoms with Gasteiger partial charge in [0.15, 0.2) is 0 Å². The Kier molecular flexibility index (Phi) is 7.37. The topological polar surface area (TPSA) is 132 Å². The first-order valence-corrected chi connectivity index (χ1v) is 13.2. The van der Waals surface area contributed by atoms with E-state index in [4.69, 9.17) is 10.7 Å². The molecule has 0 saturated heterocycles. The minimum Gasteiger partial charge on any atom is -0.337 e. The number of urea groups is 1. The average molecular weight is 507 g/mol. The second-order valence-electron chi connectivity index (χ2n) is 8.56. The predicted molar refractivity (Wildman–Crippen MR) is 139 cm³/mol. The monoisotopic (exact) mass is 506 g/mol. The van der Waals surface area contributed by atoms with Crippen molar-refractivity contribution in [3.63, 3.8) is 0 Å². The number of sulfonamides is 1. The van der Waals surface area contributed by atoms with E-state index in [1.165, 1.54) is 12.1 Å². The van der Waals surface area contributed by atoms with Crippen LogP contribution in [0.1, 0.15) is 35.3 Å². The molecular weight excluding hydrogens is 476 g/mol. The first-order chi connectivity index (χ1) is 17.2. The van der Waals surface area contributed by atoms with Crippen molar-refractivity contribution in [3.8, 4) is 5.69 Å². The van der Waals surface area contributed by atoms with E-state index in [0.717, 1.165) is 51.5 Å². The summed E-state index contributed by atoms with van der Waals surface area (Å²) < 4.78 is 29.0. The third-order valence-corrected chi connectivity index (χ3v) is 7.27. The van der Waals surface area contributed by atoms with Gasteiger partial charge in [0, 0.05) is 30.9 Å². The van der Waals surface area contributed by atoms with E-state index in [2.05, 4.69) is 21.8 Å². The zero-order valence-corrected chi connectivity index (χ0v) is 21.4. The number of imidazole rings is 1. The minimum absolute atomic E-state index is 0.00471. The fraction of sp³-hybridized carbons (Fsp3) is 0.269. The van der Waals surface area contributed by atoms with Crippen LogP contribution in [-0.4, -0.2) is 35.5 Å². The molecule has 0 aliphatic heterocycles. The van der Waals surface area contributed by atoms with Gasteiger partial charge < -0.3 is 11.1 Å². The molecule has 0 atom stereocenters. The summed E-state index contributed by atoms with van der Waals surface area (Å²) in [6.07, 6.45) is 1.33. The van der Waals surface area contributed by atoms with Crippen LogP contribution in [0.2, 0.25) is 0 Å². The zero-order chi connectivity index (χ0) is 25.9. The van der Waals surface area contributed by atoms with Crippen molar-refractivity contribution in [2.75, 3.05) is 6.54 Å². The quantitative estimate of drug-likeness (QED) is 0.336. The maximum Gasteiger partial charge on any atom is 0.328 e. The van der Waals surface area contributed by atoms with Gasteiger partial charge in [0.25, 0.3) is 10.0 Å². The Morgan fingerprint density at radius 1 is 1.00 bits per heavy atom. The van der Waals surface area contributed by atoms with Gasteiger partial charge in [-0.1, -0.05) is 31.2 Å². The highest BCUT2D eigenvalue weighted by Crippen LogP contribution is 2.24. The molecule has 2 amide bonds. The summed E-state index contributed by atoms with van der Waals surface area (Å²) in [4.78, 5) is 21.5. The molecule has 0 saturated carbocycles. The van der Waals surface area contributed by atoms with Crippen LogP contribution in [0.15, 0.2) is 59.5 Å². The molecule has 188 valence electrons. The summed E-state index contributed by atoms with van der Waals surface area (Å²) in [5.41, 5.74) is 12.1. The Hall–Kier alpha value is -3.76. The fourth-order valence-corrected chi connectivity index (χ4v) is 5.04. The van der Waals surface area contributed by atoms with E-state index in [9.17, 15) is 13.2 Å². The number of pyridine rings is 1. The van der Waals surface area contributed by atoms with E-state index in [0.29, 0.717) is 13.0 Å². The molecule has 0 aliphatic rings. The van der Waals surface area contributed by atoms with E-state index in [-0.39, 0.29) is 11.4 Å². The Morgan fingerprint density at radius 3 is 2.31 bits per heavy atom.